The number of carbonyl (C=O) groups is 2. The first kappa shape index (κ1) is 27.1. The molecule has 202 valence electrons. The zero-order valence-corrected chi connectivity index (χ0v) is 22.8. The van der Waals surface area contributed by atoms with Crippen LogP contribution in [0, 0.1) is 6.92 Å². The molecule has 0 aliphatic carbocycles. The second-order valence-corrected chi connectivity index (χ2v) is 9.62. The van der Waals surface area contributed by atoms with Crippen molar-refractivity contribution in [3.8, 4) is 5.75 Å². The molecule has 0 radical (unpaired) electrons. The summed E-state index contributed by atoms with van der Waals surface area (Å²) in [4.78, 5) is 41.2. The number of thiazole rings is 1. The highest BCUT2D eigenvalue weighted by atomic mass is 32.1. The number of carbonyl (C=O) groups excluding carboxylic acids is 2. The first-order chi connectivity index (χ1) is 18.3. The lowest BCUT2D eigenvalue weighted by molar-refractivity contribution is 0.0309. The Morgan fingerprint density at radius 1 is 1.21 bits per heavy atom. The van der Waals surface area contributed by atoms with Crippen molar-refractivity contribution in [1.29, 1.82) is 0 Å². The number of nitrogens with two attached hydrogens (primary N) is 1. The smallest absolute Gasteiger partial charge is 0.338 e. The number of benzene rings is 1. The van der Waals surface area contributed by atoms with Crippen LogP contribution in [0.2, 0.25) is 0 Å². The Kier molecular flexibility index (Phi) is 8.27. The van der Waals surface area contributed by atoms with Crippen LogP contribution in [-0.4, -0.2) is 77.9 Å². The molecule has 3 aromatic rings. The number of aromatic nitrogens is 3. The summed E-state index contributed by atoms with van der Waals surface area (Å²) in [7, 11) is 4.43. The van der Waals surface area contributed by atoms with E-state index in [0.29, 0.717) is 59.6 Å². The van der Waals surface area contributed by atoms with E-state index in [1.165, 1.54) is 25.6 Å². The highest BCUT2D eigenvalue weighted by Gasteiger charge is 2.25. The maximum absolute atomic E-state index is 13.3. The maximum atomic E-state index is 13.3. The Hall–Kier alpha value is -3.97. The monoisotopic (exact) mass is 541 g/mol. The number of nitrogens with zero attached hydrogens (tertiary/aromatic N) is 5. The molecule has 1 amide bonds. The van der Waals surface area contributed by atoms with E-state index in [1.807, 2.05) is 35.5 Å². The Labute approximate surface area is 224 Å². The minimum absolute atomic E-state index is 0.212. The Morgan fingerprint density at radius 2 is 1.97 bits per heavy atom. The van der Waals surface area contributed by atoms with Crippen LogP contribution in [0.5, 0.6) is 5.75 Å². The first-order valence-corrected chi connectivity index (χ1v) is 12.8. The SMILES string of the molecule is CCc1nc(C)sc1C(=O)Nc1nc2cc(C(=O)OC)cc(OC)c2n1C/C=C/CN1C(N)=NCC1OC. The lowest BCUT2D eigenvalue weighted by Gasteiger charge is -2.23. The first-order valence-electron chi connectivity index (χ1n) is 12.0. The van der Waals surface area contributed by atoms with Crippen LogP contribution in [0.4, 0.5) is 5.95 Å². The molecule has 1 atom stereocenters. The van der Waals surface area contributed by atoms with Crippen molar-refractivity contribution in [2.45, 2.75) is 33.0 Å². The van der Waals surface area contributed by atoms with Gasteiger partial charge in [0.2, 0.25) is 5.95 Å². The molecule has 1 unspecified atom stereocenters. The predicted molar refractivity (Wildman–Crippen MR) is 145 cm³/mol. The number of allylic oxidation sites excluding steroid dienone is 1. The molecule has 1 aromatic carbocycles. The number of esters is 1. The van der Waals surface area contributed by atoms with Gasteiger partial charge in [0, 0.05) is 20.2 Å². The van der Waals surface area contributed by atoms with E-state index in [0.717, 1.165) is 10.7 Å². The van der Waals surface area contributed by atoms with E-state index >= 15 is 0 Å². The van der Waals surface area contributed by atoms with Crippen molar-refractivity contribution in [2.24, 2.45) is 10.7 Å². The van der Waals surface area contributed by atoms with Crippen LogP contribution in [0.25, 0.3) is 11.0 Å². The number of aryl methyl sites for hydroxylation is 2. The maximum Gasteiger partial charge on any atom is 0.338 e. The molecule has 12 nitrogen and oxygen atoms in total. The third-order valence-corrected chi connectivity index (χ3v) is 7.11. The van der Waals surface area contributed by atoms with Crippen LogP contribution in [0.15, 0.2) is 29.3 Å². The van der Waals surface area contributed by atoms with Gasteiger partial charge in [-0.25, -0.2) is 19.8 Å². The van der Waals surface area contributed by atoms with Gasteiger partial charge in [-0.05, 0) is 25.5 Å². The molecule has 0 spiro atoms. The normalized spacial score (nSPS) is 15.3. The van der Waals surface area contributed by atoms with Crippen molar-refractivity contribution in [3.63, 3.8) is 0 Å². The Balaban J connectivity index is 1.70. The van der Waals surface area contributed by atoms with Gasteiger partial charge in [-0.1, -0.05) is 19.1 Å². The lowest BCUT2D eigenvalue weighted by atomic mass is 10.2. The van der Waals surface area contributed by atoms with Gasteiger partial charge in [0.05, 0.1) is 42.5 Å². The number of imidazole rings is 1. The number of anilines is 1. The summed E-state index contributed by atoms with van der Waals surface area (Å²) < 4.78 is 17.7. The molecule has 0 saturated heterocycles. The number of amides is 1. The fourth-order valence-electron chi connectivity index (χ4n) is 4.23. The van der Waals surface area contributed by atoms with E-state index < -0.39 is 5.97 Å². The van der Waals surface area contributed by atoms with Gasteiger partial charge in [0.15, 0.2) is 12.2 Å². The quantitative estimate of drug-likeness (QED) is 0.292. The molecular formula is C25H31N7O5S. The second kappa shape index (κ2) is 11.6. The summed E-state index contributed by atoms with van der Waals surface area (Å²) in [5.41, 5.74) is 8.10. The van der Waals surface area contributed by atoms with E-state index in [-0.39, 0.29) is 17.7 Å². The number of fused-ring (bicyclic) bond motifs is 1. The van der Waals surface area contributed by atoms with Gasteiger partial charge in [0.25, 0.3) is 5.91 Å². The molecule has 13 heteroatoms. The van der Waals surface area contributed by atoms with Crippen LogP contribution in [-0.2, 0) is 22.4 Å². The van der Waals surface area contributed by atoms with Gasteiger partial charge in [0.1, 0.15) is 16.1 Å². The van der Waals surface area contributed by atoms with Gasteiger partial charge in [-0.3, -0.25) is 10.1 Å². The van der Waals surface area contributed by atoms with E-state index in [9.17, 15) is 9.59 Å². The van der Waals surface area contributed by atoms with Gasteiger partial charge < -0.3 is 29.4 Å². The molecule has 0 bridgehead atoms. The average Bonchev–Trinajstić information content (AvgIpc) is 3.59. The van der Waals surface area contributed by atoms with Crippen LogP contribution >= 0.6 is 11.3 Å². The summed E-state index contributed by atoms with van der Waals surface area (Å²) in [6.45, 7) is 5.15. The number of aliphatic imine (C=N–C) groups is 1. The zero-order chi connectivity index (χ0) is 27.4. The average molecular weight is 542 g/mol. The van der Waals surface area contributed by atoms with E-state index in [1.54, 1.807) is 19.2 Å². The highest BCUT2D eigenvalue weighted by molar-refractivity contribution is 7.13. The number of hydrogen-bond acceptors (Lipinski definition) is 11. The van der Waals surface area contributed by atoms with Gasteiger partial charge >= 0.3 is 5.97 Å². The summed E-state index contributed by atoms with van der Waals surface area (Å²) in [5, 5.41) is 3.74. The number of guanidine groups is 1. The molecule has 2 aromatic heterocycles. The topological polar surface area (TPSA) is 146 Å². The summed E-state index contributed by atoms with van der Waals surface area (Å²) in [5.74, 6) is 0.327. The fourth-order valence-corrected chi connectivity index (χ4v) is 5.13. The number of methoxy groups -OCH3 is 3. The molecule has 0 saturated carbocycles. The second-order valence-electron chi connectivity index (χ2n) is 8.41. The predicted octanol–water partition coefficient (Wildman–Crippen LogP) is 2.57. The third-order valence-electron chi connectivity index (χ3n) is 6.10. The van der Waals surface area contributed by atoms with Crippen molar-refractivity contribution >= 4 is 46.2 Å². The van der Waals surface area contributed by atoms with Crippen LogP contribution < -0.4 is 15.8 Å². The van der Waals surface area contributed by atoms with Crippen molar-refractivity contribution < 1.29 is 23.8 Å². The zero-order valence-electron chi connectivity index (χ0n) is 22.0. The molecule has 1 aliphatic rings. The summed E-state index contributed by atoms with van der Waals surface area (Å²) in [6, 6.07) is 3.20. The third kappa shape index (κ3) is 5.34. The number of rotatable bonds is 10. The number of hydrogen-bond donors (Lipinski definition) is 2. The number of ether oxygens (including phenoxy) is 3. The van der Waals surface area contributed by atoms with Gasteiger partial charge in [-0.2, -0.15) is 0 Å². The van der Waals surface area contributed by atoms with Crippen molar-refractivity contribution in [3.05, 3.63) is 45.4 Å². The molecule has 0 fully saturated rings. The largest absolute Gasteiger partial charge is 0.494 e. The summed E-state index contributed by atoms with van der Waals surface area (Å²) in [6.07, 6.45) is 4.29. The molecule has 3 N–H and O–H groups in total. The van der Waals surface area contributed by atoms with E-state index in [4.69, 9.17) is 19.9 Å². The molecule has 3 heterocycles. The molecule has 4 rings (SSSR count). The van der Waals surface area contributed by atoms with Crippen LogP contribution in [0.1, 0.15) is 37.7 Å². The number of nitrogens with one attached hydrogen (secondary N) is 1. The Morgan fingerprint density at radius 3 is 2.66 bits per heavy atom. The van der Waals surface area contributed by atoms with E-state index in [2.05, 4.69) is 20.3 Å². The molecular weight excluding hydrogens is 510 g/mol. The Bertz CT molecular complexity index is 1410. The molecule has 1 aliphatic heterocycles. The fraction of sp³-hybridized carbons (Fsp3) is 0.400. The van der Waals surface area contributed by atoms with Crippen molar-refractivity contribution in [1.82, 2.24) is 19.4 Å². The van der Waals surface area contributed by atoms with Crippen LogP contribution in [0.3, 0.4) is 0 Å². The molecule has 38 heavy (non-hydrogen) atoms. The minimum atomic E-state index is -0.518. The van der Waals surface area contributed by atoms with Gasteiger partial charge in [-0.15, -0.1) is 11.3 Å². The lowest BCUT2D eigenvalue weighted by Crippen LogP contribution is -2.41. The highest BCUT2D eigenvalue weighted by Crippen LogP contribution is 2.31. The van der Waals surface area contributed by atoms with Crippen molar-refractivity contribution in [2.75, 3.05) is 39.7 Å². The standard InChI is InChI=1S/C25H31N7O5S/c1-6-16-21(38-14(2)28-16)22(33)30-25-29-17-11-15(23(34)37-5)12-18(35-3)20(17)32(25)10-8-7-9-31-19(36-4)13-27-24(31)26/h7-8,11-12,19H,6,9-10,13H2,1-5H3,(H2,26,27)(H,29,30,33)/b8-7+. The minimum Gasteiger partial charge on any atom is -0.494 e. The summed E-state index contributed by atoms with van der Waals surface area (Å²) >= 11 is 1.33.